The highest BCUT2D eigenvalue weighted by Crippen LogP contribution is 2.74. The molecule has 4 heteroatoms. The Labute approximate surface area is 143 Å². The molecule has 2 aliphatic rings. The van der Waals surface area contributed by atoms with Gasteiger partial charge in [-0.15, -0.1) is 0 Å². The number of allylic oxidation sites excluding steroid dienone is 2. The highest BCUT2D eigenvalue weighted by molar-refractivity contribution is 8.22. The van der Waals surface area contributed by atoms with E-state index in [2.05, 4.69) is 12.1 Å². The summed E-state index contributed by atoms with van der Waals surface area (Å²) in [6.07, 6.45) is 2.99. The van der Waals surface area contributed by atoms with Gasteiger partial charge in [-0.05, 0) is 63.4 Å². The minimum Gasteiger partial charge on any atom is -0.386 e. The summed E-state index contributed by atoms with van der Waals surface area (Å²) in [5, 5.41) is 24.9. The van der Waals surface area contributed by atoms with Crippen LogP contribution in [0.1, 0.15) is 47.0 Å². The van der Waals surface area contributed by atoms with E-state index in [1.807, 2.05) is 45.9 Å². The summed E-state index contributed by atoms with van der Waals surface area (Å²) in [6.45, 7) is 7.34. The fraction of sp³-hybridized carbons (Fsp3) is 0.474. The molecule has 1 aromatic carbocycles. The van der Waals surface area contributed by atoms with Crippen LogP contribution in [0.2, 0.25) is 0 Å². The van der Waals surface area contributed by atoms with Gasteiger partial charge in [0, 0.05) is 16.7 Å². The van der Waals surface area contributed by atoms with E-state index in [1.165, 1.54) is 11.1 Å². The molecule has 0 unspecified atom stereocenters. The Hall–Kier alpha value is -0.730. The van der Waals surface area contributed by atoms with Crippen LogP contribution in [-0.2, 0) is 11.8 Å². The molecule has 0 aromatic heterocycles. The molecule has 1 aliphatic heterocycles. The monoisotopic (exact) mass is 348 g/mol. The van der Waals surface area contributed by atoms with Gasteiger partial charge in [0.25, 0.3) is 0 Å². The van der Waals surface area contributed by atoms with E-state index in [-0.39, 0.29) is 0 Å². The summed E-state index contributed by atoms with van der Waals surface area (Å²) < 4.78 is 0. The van der Waals surface area contributed by atoms with E-state index in [0.717, 1.165) is 35.2 Å². The van der Waals surface area contributed by atoms with Crippen LogP contribution < -0.4 is 5.30 Å². The molecule has 0 bridgehead atoms. The van der Waals surface area contributed by atoms with Crippen LogP contribution in [0.4, 0.5) is 0 Å². The largest absolute Gasteiger partial charge is 0.386 e. The van der Waals surface area contributed by atoms with Gasteiger partial charge in [0.05, 0.1) is 11.2 Å². The van der Waals surface area contributed by atoms with Crippen molar-refractivity contribution in [3.8, 4) is 0 Å². The molecule has 0 saturated heterocycles. The molecule has 3 rings (SSSR count). The summed E-state index contributed by atoms with van der Waals surface area (Å²) in [7, 11) is 0. The van der Waals surface area contributed by atoms with Crippen LogP contribution in [0.5, 0.6) is 0 Å². The van der Waals surface area contributed by atoms with Crippen LogP contribution >= 0.6 is 6.04 Å². The highest BCUT2D eigenvalue weighted by Gasteiger charge is 2.50. The standard InChI is InChI=1S/C19H25O2PS/c1-18(2,20)16-14-11-8-12-15(14)17(19(3,4)21)22(16,23)13-9-6-5-7-10-13/h5-7,9-10,20-21H,8,11-12H2,1-4H3. The van der Waals surface area contributed by atoms with Crippen LogP contribution in [-0.4, -0.2) is 21.4 Å². The zero-order valence-corrected chi connectivity index (χ0v) is 16.0. The van der Waals surface area contributed by atoms with Gasteiger partial charge in [0.15, 0.2) is 0 Å². The van der Waals surface area contributed by atoms with Gasteiger partial charge in [-0.3, -0.25) is 0 Å². The van der Waals surface area contributed by atoms with E-state index in [0.29, 0.717) is 0 Å². The zero-order valence-electron chi connectivity index (χ0n) is 14.3. The van der Waals surface area contributed by atoms with Crippen LogP contribution in [0, 0.1) is 0 Å². The van der Waals surface area contributed by atoms with Crippen molar-refractivity contribution in [1.29, 1.82) is 0 Å². The van der Waals surface area contributed by atoms with Gasteiger partial charge >= 0.3 is 0 Å². The van der Waals surface area contributed by atoms with Gasteiger partial charge in [-0.25, -0.2) is 0 Å². The molecule has 1 aliphatic carbocycles. The van der Waals surface area contributed by atoms with Crippen molar-refractivity contribution in [2.24, 2.45) is 0 Å². The maximum absolute atomic E-state index is 10.9. The average molecular weight is 348 g/mol. The topological polar surface area (TPSA) is 40.5 Å². The Morgan fingerprint density at radius 1 is 0.870 bits per heavy atom. The molecular formula is C19H25O2PS. The van der Waals surface area contributed by atoms with Gasteiger partial charge in [0.1, 0.15) is 0 Å². The number of hydrogen-bond acceptors (Lipinski definition) is 3. The molecule has 0 atom stereocenters. The Morgan fingerprint density at radius 2 is 1.30 bits per heavy atom. The normalized spacial score (nSPS) is 21.1. The van der Waals surface area contributed by atoms with Crippen molar-refractivity contribution in [3.05, 3.63) is 52.1 Å². The predicted molar refractivity (Wildman–Crippen MR) is 101 cm³/mol. The van der Waals surface area contributed by atoms with E-state index >= 15 is 0 Å². The van der Waals surface area contributed by atoms with Crippen molar-refractivity contribution >= 4 is 23.1 Å². The van der Waals surface area contributed by atoms with E-state index in [9.17, 15) is 10.2 Å². The first-order valence-corrected chi connectivity index (χ1v) is 11.0. The summed E-state index contributed by atoms with van der Waals surface area (Å²) in [6, 6.07) is 7.72. The number of aliphatic hydroxyl groups is 2. The summed E-state index contributed by atoms with van der Waals surface area (Å²) in [5.74, 6) is 0. The first-order valence-electron chi connectivity index (χ1n) is 8.17. The molecule has 124 valence electrons. The smallest absolute Gasteiger partial charge is 0.0860 e. The minimum atomic E-state index is -2.37. The lowest BCUT2D eigenvalue weighted by Gasteiger charge is -2.36. The second-order valence-electron chi connectivity index (χ2n) is 7.57. The van der Waals surface area contributed by atoms with Crippen molar-refractivity contribution in [1.82, 2.24) is 0 Å². The van der Waals surface area contributed by atoms with Crippen LogP contribution in [0.15, 0.2) is 52.1 Å². The second kappa shape index (κ2) is 5.39. The van der Waals surface area contributed by atoms with Crippen molar-refractivity contribution in [3.63, 3.8) is 0 Å². The Morgan fingerprint density at radius 3 is 1.70 bits per heavy atom. The van der Waals surface area contributed by atoms with Crippen molar-refractivity contribution < 1.29 is 10.2 Å². The zero-order chi connectivity index (χ0) is 17.0. The molecule has 1 saturated carbocycles. The average Bonchev–Trinajstić information content (AvgIpc) is 2.94. The van der Waals surface area contributed by atoms with Gasteiger partial charge in [-0.2, -0.15) is 0 Å². The van der Waals surface area contributed by atoms with Crippen molar-refractivity contribution in [2.75, 3.05) is 0 Å². The van der Waals surface area contributed by atoms with Crippen molar-refractivity contribution in [2.45, 2.75) is 58.2 Å². The lowest BCUT2D eigenvalue weighted by atomic mass is 9.97. The quantitative estimate of drug-likeness (QED) is 0.810. The fourth-order valence-electron chi connectivity index (χ4n) is 4.16. The van der Waals surface area contributed by atoms with E-state index < -0.39 is 17.2 Å². The Kier molecular flexibility index (Phi) is 4.01. The molecule has 2 nitrogen and oxygen atoms in total. The molecule has 0 spiro atoms. The van der Waals surface area contributed by atoms with E-state index in [4.69, 9.17) is 11.8 Å². The third kappa shape index (κ3) is 2.59. The van der Waals surface area contributed by atoms with E-state index in [1.54, 1.807) is 0 Å². The fourth-order valence-corrected chi connectivity index (χ4v) is 10.7. The molecule has 0 radical (unpaired) electrons. The minimum absolute atomic E-state index is 0.958. The molecule has 1 heterocycles. The lowest BCUT2D eigenvalue weighted by molar-refractivity contribution is 0.125. The second-order valence-corrected chi connectivity index (χ2v) is 11.8. The first kappa shape index (κ1) is 17.1. The maximum Gasteiger partial charge on any atom is 0.0860 e. The molecule has 1 aromatic rings. The summed E-state index contributed by atoms with van der Waals surface area (Å²) in [5.41, 5.74) is 0.510. The summed E-state index contributed by atoms with van der Waals surface area (Å²) >= 11 is 6.30. The van der Waals surface area contributed by atoms with Gasteiger partial charge in [0.2, 0.25) is 0 Å². The molecule has 23 heavy (non-hydrogen) atoms. The highest BCUT2D eigenvalue weighted by atomic mass is 32.4. The third-order valence-corrected chi connectivity index (χ3v) is 10.3. The predicted octanol–water partition coefficient (Wildman–Crippen LogP) is 4.04. The third-order valence-electron chi connectivity index (χ3n) is 4.70. The number of benzene rings is 1. The lowest BCUT2D eigenvalue weighted by Crippen LogP contribution is -2.29. The molecule has 2 N–H and O–H groups in total. The number of rotatable bonds is 3. The first-order chi connectivity index (χ1) is 10.6. The molecular weight excluding hydrogens is 323 g/mol. The SMILES string of the molecule is CC(C)(O)C1=C2CCCC2=C(C(C)(C)O)P1(=S)c1ccccc1. The molecule has 0 amide bonds. The Bertz CT molecular complexity index is 704. The Balaban J connectivity index is 2.38. The number of hydrogen-bond donors (Lipinski definition) is 2. The van der Waals surface area contributed by atoms with Gasteiger partial charge in [-0.1, -0.05) is 42.1 Å². The summed E-state index contributed by atoms with van der Waals surface area (Å²) in [4.78, 5) is 0. The maximum atomic E-state index is 10.9. The molecule has 1 fully saturated rings. The van der Waals surface area contributed by atoms with Crippen LogP contribution in [0.3, 0.4) is 0 Å². The number of fused-ring (bicyclic) bond motifs is 1. The van der Waals surface area contributed by atoms with Gasteiger partial charge < -0.3 is 10.2 Å². The van der Waals surface area contributed by atoms with Crippen LogP contribution in [0.25, 0.3) is 0 Å².